The van der Waals surface area contributed by atoms with Gasteiger partial charge in [-0.05, 0) is 24.8 Å². The average molecular weight is 313 g/mol. The highest BCUT2D eigenvalue weighted by Crippen LogP contribution is 2.15. The number of rotatable bonds is 6. The molecule has 23 heavy (non-hydrogen) atoms. The Morgan fingerprint density at radius 3 is 2.83 bits per heavy atom. The van der Waals surface area contributed by atoms with Crippen LogP contribution < -0.4 is 10.9 Å². The van der Waals surface area contributed by atoms with Gasteiger partial charge in [-0.25, -0.2) is 4.68 Å². The Morgan fingerprint density at radius 1 is 1.22 bits per heavy atom. The molecule has 1 fully saturated rings. The van der Waals surface area contributed by atoms with Gasteiger partial charge in [0.1, 0.15) is 0 Å². The third-order valence-corrected chi connectivity index (χ3v) is 4.13. The molecule has 5 nitrogen and oxygen atoms in total. The summed E-state index contributed by atoms with van der Waals surface area (Å²) < 4.78 is 7.22. The van der Waals surface area contributed by atoms with Crippen molar-refractivity contribution in [1.29, 1.82) is 0 Å². The van der Waals surface area contributed by atoms with Gasteiger partial charge in [0, 0.05) is 31.3 Å². The zero-order chi connectivity index (χ0) is 15.9. The molecule has 1 aliphatic heterocycles. The first-order valence-corrected chi connectivity index (χ1v) is 8.28. The van der Waals surface area contributed by atoms with Gasteiger partial charge in [-0.15, -0.1) is 0 Å². The maximum atomic E-state index is 12.2. The van der Waals surface area contributed by atoms with E-state index in [0.717, 1.165) is 50.1 Å². The Bertz CT molecular complexity index is 663. The van der Waals surface area contributed by atoms with Gasteiger partial charge in [-0.3, -0.25) is 4.79 Å². The van der Waals surface area contributed by atoms with Crippen LogP contribution in [0.15, 0.2) is 47.4 Å². The number of hydrogen-bond acceptors (Lipinski definition) is 4. The molecule has 1 unspecified atom stereocenters. The Hall–Kier alpha value is -1.98. The van der Waals surface area contributed by atoms with Crippen molar-refractivity contribution in [2.24, 2.45) is 0 Å². The molecule has 0 aliphatic carbocycles. The van der Waals surface area contributed by atoms with Crippen molar-refractivity contribution in [2.45, 2.75) is 31.9 Å². The van der Waals surface area contributed by atoms with Crippen LogP contribution in [0.4, 0.5) is 0 Å². The van der Waals surface area contributed by atoms with Crippen molar-refractivity contribution < 1.29 is 4.74 Å². The van der Waals surface area contributed by atoms with Crippen molar-refractivity contribution in [3.05, 3.63) is 52.9 Å². The maximum absolute atomic E-state index is 12.2. The van der Waals surface area contributed by atoms with Gasteiger partial charge in [-0.1, -0.05) is 30.3 Å². The summed E-state index contributed by atoms with van der Waals surface area (Å²) in [5, 5.41) is 7.63. The van der Waals surface area contributed by atoms with Gasteiger partial charge in [0.25, 0.3) is 5.56 Å². The van der Waals surface area contributed by atoms with Gasteiger partial charge in [0.2, 0.25) is 0 Å². The van der Waals surface area contributed by atoms with E-state index in [1.807, 2.05) is 30.3 Å². The summed E-state index contributed by atoms with van der Waals surface area (Å²) in [5.41, 5.74) is 1.85. The number of aromatic nitrogens is 2. The zero-order valence-electron chi connectivity index (χ0n) is 13.3. The topological polar surface area (TPSA) is 56.2 Å². The van der Waals surface area contributed by atoms with Crippen LogP contribution >= 0.6 is 0 Å². The number of unbranched alkanes of at least 4 members (excludes halogenated alkanes) is 1. The second-order valence-electron chi connectivity index (χ2n) is 5.86. The molecule has 5 heteroatoms. The fourth-order valence-electron chi connectivity index (χ4n) is 2.83. The lowest BCUT2D eigenvalue weighted by Crippen LogP contribution is -2.38. The second-order valence-corrected chi connectivity index (χ2v) is 5.86. The Balaban J connectivity index is 1.51. The molecule has 0 spiro atoms. The van der Waals surface area contributed by atoms with Crippen molar-refractivity contribution in [3.63, 3.8) is 0 Å². The van der Waals surface area contributed by atoms with E-state index in [4.69, 9.17) is 4.74 Å². The summed E-state index contributed by atoms with van der Waals surface area (Å²) in [5.74, 6) is 0. The smallest absolute Gasteiger partial charge is 0.267 e. The largest absolute Gasteiger partial charge is 0.376 e. The molecular formula is C18H23N3O2. The van der Waals surface area contributed by atoms with E-state index >= 15 is 0 Å². The van der Waals surface area contributed by atoms with Crippen LogP contribution in [0.5, 0.6) is 0 Å². The molecule has 0 amide bonds. The third kappa shape index (κ3) is 4.50. The third-order valence-electron chi connectivity index (χ3n) is 4.13. The molecule has 1 aliphatic rings. The number of morpholine rings is 1. The summed E-state index contributed by atoms with van der Waals surface area (Å²) in [6.07, 6.45) is 5.10. The van der Waals surface area contributed by atoms with Crippen LogP contribution in [-0.4, -0.2) is 35.6 Å². The van der Waals surface area contributed by atoms with Crippen LogP contribution in [0.2, 0.25) is 0 Å². The predicted octanol–water partition coefficient (Wildman–Crippen LogP) is 2.07. The number of hydrogen-bond donors (Lipinski definition) is 1. The molecule has 1 aromatic heterocycles. The van der Waals surface area contributed by atoms with E-state index in [1.54, 1.807) is 16.9 Å². The van der Waals surface area contributed by atoms with Gasteiger partial charge in [0.05, 0.1) is 18.9 Å². The normalized spacial score (nSPS) is 18.0. The first-order chi connectivity index (χ1) is 11.3. The molecule has 1 N–H and O–H groups in total. The number of ether oxygens (including phenoxy) is 1. The minimum absolute atomic E-state index is 0.0399. The van der Waals surface area contributed by atoms with Crippen molar-refractivity contribution in [1.82, 2.24) is 15.1 Å². The van der Waals surface area contributed by atoms with Crippen LogP contribution in [-0.2, 0) is 11.3 Å². The van der Waals surface area contributed by atoms with E-state index in [-0.39, 0.29) is 5.56 Å². The molecule has 1 atom stereocenters. The van der Waals surface area contributed by atoms with Gasteiger partial charge in [0.15, 0.2) is 0 Å². The minimum Gasteiger partial charge on any atom is -0.376 e. The molecule has 122 valence electrons. The SMILES string of the molecule is O=c1cc(-c2ccccc2)cnn1CCCCC1CNCCO1. The van der Waals surface area contributed by atoms with Crippen molar-refractivity contribution in [2.75, 3.05) is 19.7 Å². The van der Waals surface area contributed by atoms with E-state index in [9.17, 15) is 4.79 Å². The Morgan fingerprint density at radius 2 is 2.09 bits per heavy atom. The van der Waals surface area contributed by atoms with E-state index < -0.39 is 0 Å². The van der Waals surface area contributed by atoms with Gasteiger partial charge in [-0.2, -0.15) is 5.10 Å². The quantitative estimate of drug-likeness (QED) is 0.830. The predicted molar refractivity (Wildman–Crippen MR) is 90.4 cm³/mol. The highest BCUT2D eigenvalue weighted by atomic mass is 16.5. The molecule has 2 aromatic rings. The lowest BCUT2D eigenvalue weighted by Gasteiger charge is -2.23. The molecule has 2 heterocycles. The summed E-state index contributed by atoms with van der Waals surface area (Å²) in [6, 6.07) is 11.5. The second kappa shape index (κ2) is 8.04. The van der Waals surface area contributed by atoms with Gasteiger partial charge >= 0.3 is 0 Å². The minimum atomic E-state index is -0.0399. The van der Waals surface area contributed by atoms with Crippen LogP contribution in [0.3, 0.4) is 0 Å². The maximum Gasteiger partial charge on any atom is 0.267 e. The standard InChI is InChI=1S/C18H23N3O2/c22-18-12-16(15-6-2-1-3-7-15)13-20-21(18)10-5-4-8-17-14-19-9-11-23-17/h1-3,6-7,12-13,17,19H,4-5,8-11,14H2. The molecule has 0 radical (unpaired) electrons. The van der Waals surface area contributed by atoms with E-state index in [1.165, 1.54) is 0 Å². The summed E-state index contributed by atoms with van der Waals surface area (Å²) >= 11 is 0. The lowest BCUT2D eigenvalue weighted by molar-refractivity contribution is 0.0219. The number of nitrogens with one attached hydrogen (secondary N) is 1. The molecule has 0 bridgehead atoms. The van der Waals surface area contributed by atoms with E-state index in [2.05, 4.69) is 10.4 Å². The number of benzene rings is 1. The lowest BCUT2D eigenvalue weighted by atomic mass is 10.1. The van der Waals surface area contributed by atoms with Gasteiger partial charge < -0.3 is 10.1 Å². The zero-order valence-corrected chi connectivity index (χ0v) is 13.3. The molecule has 1 aromatic carbocycles. The molecule has 0 saturated carbocycles. The fraction of sp³-hybridized carbons (Fsp3) is 0.444. The first-order valence-electron chi connectivity index (χ1n) is 8.28. The molecule has 3 rings (SSSR count). The van der Waals surface area contributed by atoms with Crippen molar-refractivity contribution in [3.8, 4) is 11.1 Å². The van der Waals surface area contributed by atoms with Crippen LogP contribution in [0.1, 0.15) is 19.3 Å². The Kier molecular flexibility index (Phi) is 5.56. The highest BCUT2D eigenvalue weighted by molar-refractivity contribution is 5.61. The van der Waals surface area contributed by atoms with Crippen LogP contribution in [0.25, 0.3) is 11.1 Å². The number of nitrogens with zero attached hydrogens (tertiary/aromatic N) is 2. The highest BCUT2D eigenvalue weighted by Gasteiger charge is 2.12. The number of aryl methyl sites for hydroxylation is 1. The van der Waals surface area contributed by atoms with Crippen molar-refractivity contribution >= 4 is 0 Å². The summed E-state index contributed by atoms with van der Waals surface area (Å²) in [4.78, 5) is 12.2. The Labute approximate surface area is 136 Å². The molecule has 1 saturated heterocycles. The molecular weight excluding hydrogens is 290 g/mol. The summed E-state index contributed by atoms with van der Waals surface area (Å²) in [7, 11) is 0. The van der Waals surface area contributed by atoms with E-state index in [0.29, 0.717) is 12.6 Å². The monoisotopic (exact) mass is 313 g/mol. The fourth-order valence-corrected chi connectivity index (χ4v) is 2.83. The van der Waals surface area contributed by atoms with Crippen LogP contribution in [0, 0.1) is 0 Å². The average Bonchev–Trinajstić information content (AvgIpc) is 2.61. The first kappa shape index (κ1) is 15.9. The summed E-state index contributed by atoms with van der Waals surface area (Å²) in [6.45, 7) is 3.34.